The van der Waals surface area contributed by atoms with Crippen LogP contribution >= 0.6 is 23.1 Å². The van der Waals surface area contributed by atoms with Crippen molar-refractivity contribution in [2.45, 2.75) is 24.4 Å². The number of aromatic nitrogens is 2. The molecule has 0 radical (unpaired) electrons. The number of carbonyl (C=O) groups is 1. The Balaban J connectivity index is 1.37. The Morgan fingerprint density at radius 3 is 2.68 bits per heavy atom. The van der Waals surface area contributed by atoms with Crippen molar-refractivity contribution in [2.24, 2.45) is 7.05 Å². The first kappa shape index (κ1) is 19.0. The molecule has 0 atom stereocenters. The van der Waals surface area contributed by atoms with Gasteiger partial charge in [-0.25, -0.2) is 4.98 Å². The van der Waals surface area contributed by atoms with E-state index in [2.05, 4.69) is 27.3 Å². The van der Waals surface area contributed by atoms with Crippen molar-refractivity contribution in [3.8, 4) is 0 Å². The highest BCUT2D eigenvalue weighted by atomic mass is 32.2. The van der Waals surface area contributed by atoms with Crippen molar-refractivity contribution in [3.63, 3.8) is 0 Å². The summed E-state index contributed by atoms with van der Waals surface area (Å²) < 4.78 is 2.15. The number of fused-ring (bicyclic) bond motifs is 1. The molecule has 1 aliphatic rings. The summed E-state index contributed by atoms with van der Waals surface area (Å²) in [6.45, 7) is 2.20. The van der Waals surface area contributed by atoms with Gasteiger partial charge < -0.3 is 10.2 Å². The van der Waals surface area contributed by atoms with E-state index >= 15 is 0 Å². The summed E-state index contributed by atoms with van der Waals surface area (Å²) >= 11 is 2.66. The molecule has 1 amide bonds. The molecule has 28 heavy (non-hydrogen) atoms. The van der Waals surface area contributed by atoms with Crippen molar-refractivity contribution < 1.29 is 4.79 Å². The van der Waals surface area contributed by atoms with Gasteiger partial charge in [0.2, 0.25) is 5.91 Å². The molecule has 3 heterocycles. The number of piperidine rings is 1. The van der Waals surface area contributed by atoms with Gasteiger partial charge >= 0.3 is 0 Å². The van der Waals surface area contributed by atoms with Crippen LogP contribution in [0.3, 0.4) is 0 Å². The Morgan fingerprint density at radius 1 is 1.18 bits per heavy atom. The second-order valence-corrected chi connectivity index (χ2v) is 8.68. The van der Waals surface area contributed by atoms with Crippen LogP contribution in [-0.4, -0.2) is 34.3 Å². The van der Waals surface area contributed by atoms with Crippen LogP contribution in [0.4, 0.5) is 11.4 Å². The first-order valence-corrected chi connectivity index (χ1v) is 11.2. The second kappa shape index (κ2) is 8.36. The van der Waals surface area contributed by atoms with E-state index < -0.39 is 0 Å². The lowest BCUT2D eigenvalue weighted by atomic mass is 10.1. The van der Waals surface area contributed by atoms with Crippen LogP contribution in [0, 0.1) is 0 Å². The number of carbonyl (C=O) groups excluding carboxylic acids is 1. The summed E-state index contributed by atoms with van der Waals surface area (Å²) in [6, 6.07) is 9.83. The molecule has 0 aliphatic carbocycles. The van der Waals surface area contributed by atoms with Crippen LogP contribution in [0.1, 0.15) is 19.3 Å². The molecule has 0 spiro atoms. The van der Waals surface area contributed by atoms with Gasteiger partial charge in [0.1, 0.15) is 4.70 Å². The van der Waals surface area contributed by atoms with Crippen molar-refractivity contribution >= 4 is 50.6 Å². The highest BCUT2D eigenvalue weighted by molar-refractivity contribution is 7.99. The Hall–Kier alpha value is -2.32. The topological polar surface area (TPSA) is 67.2 Å². The molecular formula is C20H22N4O2S2. The second-order valence-electron chi connectivity index (χ2n) is 6.82. The lowest BCUT2D eigenvalue weighted by Crippen LogP contribution is -2.29. The van der Waals surface area contributed by atoms with Crippen LogP contribution in [0.15, 0.2) is 45.7 Å². The van der Waals surface area contributed by atoms with Gasteiger partial charge in [0.05, 0.1) is 11.3 Å². The maximum absolute atomic E-state index is 12.3. The van der Waals surface area contributed by atoms with Crippen LogP contribution < -0.4 is 15.8 Å². The van der Waals surface area contributed by atoms with E-state index in [0.717, 1.165) is 18.8 Å². The molecule has 1 fully saturated rings. The molecule has 1 saturated heterocycles. The fourth-order valence-corrected chi connectivity index (χ4v) is 4.91. The predicted molar refractivity (Wildman–Crippen MR) is 117 cm³/mol. The van der Waals surface area contributed by atoms with E-state index in [9.17, 15) is 9.59 Å². The lowest BCUT2D eigenvalue weighted by Gasteiger charge is -2.28. The smallest absolute Gasteiger partial charge is 0.271 e. The summed E-state index contributed by atoms with van der Waals surface area (Å²) in [7, 11) is 1.69. The SMILES string of the molecule is Cn1c(SCC(=O)Nc2ccc(N3CCCCC3)cc2)nc2ccsc2c1=O. The molecular weight excluding hydrogens is 392 g/mol. The molecule has 4 rings (SSSR count). The van der Waals surface area contributed by atoms with Gasteiger partial charge in [-0.05, 0) is 55.0 Å². The van der Waals surface area contributed by atoms with E-state index in [-0.39, 0.29) is 17.2 Å². The van der Waals surface area contributed by atoms with E-state index in [1.54, 1.807) is 7.05 Å². The van der Waals surface area contributed by atoms with Gasteiger partial charge in [-0.15, -0.1) is 11.3 Å². The first-order valence-electron chi connectivity index (χ1n) is 9.34. The zero-order chi connectivity index (χ0) is 19.5. The minimum Gasteiger partial charge on any atom is -0.372 e. The summed E-state index contributed by atoms with van der Waals surface area (Å²) in [6.07, 6.45) is 3.79. The van der Waals surface area contributed by atoms with Gasteiger partial charge in [0.25, 0.3) is 5.56 Å². The van der Waals surface area contributed by atoms with Crippen LogP contribution in [0.25, 0.3) is 10.2 Å². The van der Waals surface area contributed by atoms with E-state index in [1.165, 1.54) is 52.6 Å². The number of benzene rings is 1. The molecule has 1 N–H and O–H groups in total. The first-order chi connectivity index (χ1) is 13.6. The maximum Gasteiger partial charge on any atom is 0.271 e. The largest absolute Gasteiger partial charge is 0.372 e. The Kier molecular flexibility index (Phi) is 5.68. The minimum absolute atomic E-state index is 0.0730. The van der Waals surface area contributed by atoms with Gasteiger partial charge in [-0.3, -0.25) is 14.2 Å². The summed E-state index contributed by atoms with van der Waals surface area (Å²) in [5.41, 5.74) is 2.59. The van der Waals surface area contributed by atoms with Crippen molar-refractivity contribution in [2.75, 3.05) is 29.1 Å². The van der Waals surface area contributed by atoms with E-state index in [1.807, 2.05) is 23.6 Å². The molecule has 6 nitrogen and oxygen atoms in total. The molecule has 8 heteroatoms. The highest BCUT2D eigenvalue weighted by Crippen LogP contribution is 2.23. The fraction of sp³-hybridized carbons (Fsp3) is 0.350. The quantitative estimate of drug-likeness (QED) is 0.509. The number of nitrogens with zero attached hydrogens (tertiary/aromatic N) is 3. The number of thioether (sulfide) groups is 1. The standard InChI is InChI=1S/C20H22N4O2S2/c1-23-19(26)18-16(9-12-27-18)22-20(23)28-13-17(25)21-14-5-7-15(8-6-14)24-10-3-2-4-11-24/h5-9,12H,2-4,10-11,13H2,1H3,(H,21,25). The Morgan fingerprint density at radius 2 is 1.93 bits per heavy atom. The number of thiophene rings is 1. The number of rotatable bonds is 5. The summed E-state index contributed by atoms with van der Waals surface area (Å²) in [5.74, 6) is 0.0828. The average molecular weight is 415 g/mol. The van der Waals surface area contributed by atoms with E-state index in [0.29, 0.717) is 15.4 Å². The van der Waals surface area contributed by atoms with Crippen molar-refractivity contribution in [3.05, 3.63) is 46.1 Å². The fourth-order valence-electron chi connectivity index (χ4n) is 3.33. The van der Waals surface area contributed by atoms with Crippen LogP contribution in [0.2, 0.25) is 0 Å². The molecule has 2 aromatic heterocycles. The molecule has 0 bridgehead atoms. The molecule has 0 saturated carbocycles. The van der Waals surface area contributed by atoms with Gasteiger partial charge in [0, 0.05) is 31.5 Å². The normalized spacial score (nSPS) is 14.4. The van der Waals surface area contributed by atoms with E-state index in [4.69, 9.17) is 0 Å². The number of amides is 1. The van der Waals surface area contributed by atoms with Crippen LogP contribution in [-0.2, 0) is 11.8 Å². The predicted octanol–water partition coefficient (Wildman–Crippen LogP) is 3.72. The van der Waals surface area contributed by atoms with Crippen molar-refractivity contribution in [1.29, 1.82) is 0 Å². The number of nitrogens with one attached hydrogen (secondary N) is 1. The van der Waals surface area contributed by atoms with Crippen molar-refractivity contribution in [1.82, 2.24) is 9.55 Å². The number of hydrogen-bond acceptors (Lipinski definition) is 6. The third-order valence-corrected chi connectivity index (χ3v) is 6.77. The zero-order valence-electron chi connectivity index (χ0n) is 15.7. The molecule has 0 unspecified atom stereocenters. The molecule has 1 aromatic carbocycles. The third kappa shape index (κ3) is 4.07. The number of hydrogen-bond donors (Lipinski definition) is 1. The Labute approximate surface area is 171 Å². The minimum atomic E-state index is -0.115. The zero-order valence-corrected chi connectivity index (χ0v) is 17.3. The molecule has 146 valence electrons. The lowest BCUT2D eigenvalue weighted by molar-refractivity contribution is -0.113. The molecule has 1 aliphatic heterocycles. The summed E-state index contributed by atoms with van der Waals surface area (Å²) in [4.78, 5) is 31.5. The Bertz CT molecular complexity index is 1040. The summed E-state index contributed by atoms with van der Waals surface area (Å²) in [5, 5.41) is 5.32. The van der Waals surface area contributed by atoms with Gasteiger partial charge in [0.15, 0.2) is 5.16 Å². The van der Waals surface area contributed by atoms with Crippen LogP contribution in [0.5, 0.6) is 0 Å². The maximum atomic E-state index is 12.3. The number of anilines is 2. The third-order valence-electron chi connectivity index (χ3n) is 4.85. The average Bonchev–Trinajstić information content (AvgIpc) is 3.19. The monoisotopic (exact) mass is 414 g/mol. The molecule has 3 aromatic rings. The van der Waals surface area contributed by atoms with Gasteiger partial charge in [-0.2, -0.15) is 0 Å². The highest BCUT2D eigenvalue weighted by Gasteiger charge is 2.13. The van der Waals surface area contributed by atoms with Gasteiger partial charge in [-0.1, -0.05) is 11.8 Å².